The summed E-state index contributed by atoms with van der Waals surface area (Å²) in [5.74, 6) is -0.511. The number of carbonyl (C=O) groups excluding carboxylic acids is 2. The van der Waals surface area contributed by atoms with Gasteiger partial charge in [-0.1, -0.05) is 24.3 Å². The van der Waals surface area contributed by atoms with E-state index in [0.717, 1.165) is 12.0 Å². The molecule has 0 heterocycles. The molecule has 0 saturated heterocycles. The molecule has 0 fully saturated rings. The first-order valence-corrected chi connectivity index (χ1v) is 5.53. The molecular weight excluding hydrogens is 218 g/mol. The Morgan fingerprint density at radius 3 is 2.76 bits per heavy atom. The summed E-state index contributed by atoms with van der Waals surface area (Å²) in [4.78, 5) is 24.6. The van der Waals surface area contributed by atoms with Gasteiger partial charge >= 0.3 is 5.97 Å². The molecule has 2 rings (SSSR count). The Morgan fingerprint density at radius 2 is 2.12 bits per heavy atom. The summed E-state index contributed by atoms with van der Waals surface area (Å²) in [5.41, 5.74) is 2.30. The van der Waals surface area contributed by atoms with Crippen LogP contribution in [0.25, 0.3) is 0 Å². The van der Waals surface area contributed by atoms with E-state index in [9.17, 15) is 9.59 Å². The molecule has 4 nitrogen and oxygen atoms in total. The van der Waals surface area contributed by atoms with Crippen molar-refractivity contribution in [3.63, 3.8) is 0 Å². The van der Waals surface area contributed by atoms with Crippen molar-refractivity contribution in [1.82, 2.24) is 4.90 Å². The molecule has 0 N–H and O–H groups in total. The first kappa shape index (κ1) is 11.6. The van der Waals surface area contributed by atoms with Crippen molar-refractivity contribution in [1.29, 1.82) is 0 Å². The van der Waals surface area contributed by atoms with Gasteiger partial charge in [0.15, 0.2) is 0 Å². The SMILES string of the molecule is COC(=O)CN(C)C(=O)C1Cc2ccccc21. The van der Waals surface area contributed by atoms with Crippen LogP contribution < -0.4 is 0 Å². The second kappa shape index (κ2) is 4.57. The van der Waals surface area contributed by atoms with Gasteiger partial charge in [0.25, 0.3) is 0 Å². The lowest BCUT2D eigenvalue weighted by Crippen LogP contribution is -2.39. The predicted octanol–water partition coefficient (Wildman–Crippen LogP) is 0.958. The average Bonchev–Trinajstić information content (AvgIpc) is 2.30. The summed E-state index contributed by atoms with van der Waals surface area (Å²) in [6, 6.07) is 7.89. The van der Waals surface area contributed by atoms with E-state index in [1.165, 1.54) is 17.6 Å². The van der Waals surface area contributed by atoms with E-state index in [-0.39, 0.29) is 18.4 Å². The molecule has 1 aliphatic rings. The van der Waals surface area contributed by atoms with Gasteiger partial charge in [0.1, 0.15) is 6.54 Å². The number of methoxy groups -OCH3 is 1. The molecular formula is C13H15NO3. The van der Waals surface area contributed by atoms with E-state index < -0.39 is 5.97 Å². The van der Waals surface area contributed by atoms with Gasteiger partial charge in [0.05, 0.1) is 13.0 Å². The van der Waals surface area contributed by atoms with Crippen LogP contribution in [0.4, 0.5) is 0 Å². The van der Waals surface area contributed by atoms with Gasteiger partial charge in [0.2, 0.25) is 5.91 Å². The molecule has 0 aliphatic heterocycles. The van der Waals surface area contributed by atoms with E-state index in [1.54, 1.807) is 7.05 Å². The minimum Gasteiger partial charge on any atom is -0.468 e. The minimum atomic E-state index is -0.395. The number of benzene rings is 1. The van der Waals surface area contributed by atoms with Crippen molar-refractivity contribution in [2.45, 2.75) is 12.3 Å². The number of ether oxygens (including phenoxy) is 1. The van der Waals surface area contributed by atoms with Crippen LogP contribution >= 0.6 is 0 Å². The zero-order chi connectivity index (χ0) is 12.4. The number of hydrogen-bond donors (Lipinski definition) is 0. The Morgan fingerprint density at radius 1 is 1.41 bits per heavy atom. The number of hydrogen-bond acceptors (Lipinski definition) is 3. The Kier molecular flexibility index (Phi) is 3.13. The van der Waals surface area contributed by atoms with E-state index in [1.807, 2.05) is 24.3 Å². The molecule has 0 radical (unpaired) electrons. The Labute approximate surface area is 100 Å². The highest BCUT2D eigenvalue weighted by Gasteiger charge is 2.33. The average molecular weight is 233 g/mol. The second-order valence-electron chi connectivity index (χ2n) is 4.23. The largest absolute Gasteiger partial charge is 0.468 e. The number of carbonyl (C=O) groups is 2. The Balaban J connectivity index is 2.01. The van der Waals surface area contributed by atoms with Crippen LogP contribution in [0.1, 0.15) is 17.0 Å². The fourth-order valence-electron chi connectivity index (χ4n) is 2.08. The van der Waals surface area contributed by atoms with Crippen molar-refractivity contribution in [3.05, 3.63) is 35.4 Å². The highest BCUT2D eigenvalue weighted by Crippen LogP contribution is 2.35. The number of amides is 1. The van der Waals surface area contributed by atoms with Gasteiger partial charge < -0.3 is 9.64 Å². The first-order chi connectivity index (χ1) is 8.13. The predicted molar refractivity (Wildman–Crippen MR) is 62.5 cm³/mol. The summed E-state index contributed by atoms with van der Waals surface area (Å²) in [6.45, 7) is 0.00794. The van der Waals surface area contributed by atoms with Crippen LogP contribution in [0.3, 0.4) is 0 Å². The van der Waals surface area contributed by atoms with Gasteiger partial charge in [-0.3, -0.25) is 9.59 Å². The van der Waals surface area contributed by atoms with Crippen molar-refractivity contribution >= 4 is 11.9 Å². The maximum absolute atomic E-state index is 12.1. The number of rotatable bonds is 3. The van der Waals surface area contributed by atoms with Crippen LogP contribution in [0.5, 0.6) is 0 Å². The molecule has 1 aliphatic carbocycles. The third kappa shape index (κ3) is 2.16. The normalized spacial score (nSPS) is 16.7. The van der Waals surface area contributed by atoms with Gasteiger partial charge in [-0.25, -0.2) is 0 Å². The van der Waals surface area contributed by atoms with Crippen LogP contribution in [-0.4, -0.2) is 37.5 Å². The Hall–Kier alpha value is -1.84. The fourth-order valence-corrected chi connectivity index (χ4v) is 2.08. The van der Waals surface area contributed by atoms with Crippen LogP contribution in [-0.2, 0) is 20.7 Å². The summed E-state index contributed by atoms with van der Waals surface area (Å²) in [6.07, 6.45) is 0.764. The molecule has 1 atom stereocenters. The van der Waals surface area contributed by atoms with Crippen LogP contribution in [0, 0.1) is 0 Å². The third-order valence-corrected chi connectivity index (χ3v) is 3.12. The zero-order valence-corrected chi connectivity index (χ0v) is 9.97. The molecule has 0 aromatic heterocycles. The standard InChI is InChI=1S/C13H15NO3/c1-14(8-12(15)17-2)13(16)11-7-9-5-3-4-6-10(9)11/h3-6,11H,7-8H2,1-2H3. The molecule has 17 heavy (non-hydrogen) atoms. The fraction of sp³-hybridized carbons (Fsp3) is 0.385. The van der Waals surface area contributed by atoms with Crippen LogP contribution in [0.15, 0.2) is 24.3 Å². The highest BCUT2D eigenvalue weighted by molar-refractivity contribution is 5.89. The van der Waals surface area contributed by atoms with Crippen molar-refractivity contribution < 1.29 is 14.3 Å². The van der Waals surface area contributed by atoms with Gasteiger partial charge in [-0.15, -0.1) is 0 Å². The summed E-state index contributed by atoms with van der Waals surface area (Å²) in [7, 11) is 2.94. The third-order valence-electron chi connectivity index (χ3n) is 3.12. The summed E-state index contributed by atoms with van der Waals surface area (Å²) >= 11 is 0. The monoisotopic (exact) mass is 233 g/mol. The van der Waals surface area contributed by atoms with Crippen molar-refractivity contribution in [3.8, 4) is 0 Å². The number of likely N-dealkylation sites (N-methyl/N-ethyl adjacent to an activating group) is 1. The molecule has 1 aromatic rings. The van der Waals surface area contributed by atoms with E-state index in [0.29, 0.717) is 0 Å². The number of nitrogens with zero attached hydrogens (tertiary/aromatic N) is 1. The van der Waals surface area contributed by atoms with Gasteiger partial charge in [-0.05, 0) is 17.5 Å². The molecule has 1 amide bonds. The molecule has 0 bridgehead atoms. The van der Waals surface area contributed by atoms with E-state index >= 15 is 0 Å². The van der Waals surface area contributed by atoms with Gasteiger partial charge in [0, 0.05) is 7.05 Å². The topological polar surface area (TPSA) is 46.6 Å². The van der Waals surface area contributed by atoms with E-state index in [2.05, 4.69) is 4.74 Å². The highest BCUT2D eigenvalue weighted by atomic mass is 16.5. The molecule has 1 aromatic carbocycles. The lowest BCUT2D eigenvalue weighted by Gasteiger charge is -2.31. The summed E-state index contributed by atoms with van der Waals surface area (Å²) in [5, 5.41) is 0. The first-order valence-electron chi connectivity index (χ1n) is 5.53. The van der Waals surface area contributed by atoms with Crippen molar-refractivity contribution in [2.75, 3.05) is 20.7 Å². The number of esters is 1. The molecule has 4 heteroatoms. The van der Waals surface area contributed by atoms with Crippen LogP contribution in [0.2, 0.25) is 0 Å². The molecule has 1 unspecified atom stereocenters. The van der Waals surface area contributed by atoms with Crippen molar-refractivity contribution in [2.24, 2.45) is 0 Å². The number of fused-ring (bicyclic) bond motifs is 1. The van der Waals surface area contributed by atoms with Gasteiger partial charge in [-0.2, -0.15) is 0 Å². The Bertz CT molecular complexity index is 456. The smallest absolute Gasteiger partial charge is 0.325 e. The second-order valence-corrected chi connectivity index (χ2v) is 4.23. The molecule has 0 spiro atoms. The lowest BCUT2D eigenvalue weighted by molar-refractivity contribution is -0.146. The minimum absolute atomic E-state index is 0.00794. The maximum atomic E-state index is 12.1. The lowest BCUT2D eigenvalue weighted by atomic mass is 9.77. The van der Waals surface area contributed by atoms with E-state index in [4.69, 9.17) is 0 Å². The molecule has 0 saturated carbocycles. The quantitative estimate of drug-likeness (QED) is 0.730. The molecule has 90 valence electrons. The maximum Gasteiger partial charge on any atom is 0.325 e. The zero-order valence-electron chi connectivity index (χ0n) is 9.97. The summed E-state index contributed by atoms with van der Waals surface area (Å²) < 4.78 is 4.54.